The number of alkyl halides is 2. The average molecular weight is 513 g/mol. The third kappa shape index (κ3) is 6.31. The molecular formula is C26H26F2N4O5. The Kier molecular flexibility index (Phi) is 7.53. The van der Waals surface area contributed by atoms with Gasteiger partial charge in [0.1, 0.15) is 18.0 Å². The van der Waals surface area contributed by atoms with Crippen molar-refractivity contribution < 1.29 is 32.6 Å². The Labute approximate surface area is 212 Å². The number of carbonyl (C=O) groups is 2. The number of amides is 3. The van der Waals surface area contributed by atoms with E-state index in [4.69, 9.17) is 9.47 Å². The molecule has 9 nitrogen and oxygen atoms in total. The van der Waals surface area contributed by atoms with Gasteiger partial charge in [-0.2, -0.15) is 8.78 Å². The molecule has 3 aromatic rings. The first-order chi connectivity index (χ1) is 17.7. The molecule has 11 heteroatoms. The predicted molar refractivity (Wildman–Crippen MR) is 133 cm³/mol. The van der Waals surface area contributed by atoms with Crippen LogP contribution in [-0.4, -0.2) is 50.4 Å². The zero-order valence-electron chi connectivity index (χ0n) is 20.5. The Morgan fingerprint density at radius 1 is 1.08 bits per heavy atom. The van der Waals surface area contributed by atoms with Crippen LogP contribution in [0.25, 0.3) is 11.3 Å². The zero-order chi connectivity index (χ0) is 26.6. The number of urea groups is 1. The van der Waals surface area contributed by atoms with E-state index in [9.17, 15) is 18.4 Å². The lowest BCUT2D eigenvalue weighted by Crippen LogP contribution is -2.49. The molecule has 37 heavy (non-hydrogen) atoms. The van der Waals surface area contributed by atoms with Crippen LogP contribution in [0.2, 0.25) is 0 Å². The van der Waals surface area contributed by atoms with E-state index >= 15 is 0 Å². The van der Waals surface area contributed by atoms with E-state index in [2.05, 4.69) is 20.4 Å². The number of aromatic nitrogens is 1. The maximum Gasteiger partial charge on any atom is 0.394 e. The number of pyridine rings is 1. The Hall–Kier alpha value is -4.25. The highest BCUT2D eigenvalue weighted by molar-refractivity contribution is 6.08. The molecular weight excluding hydrogens is 486 g/mol. The lowest BCUT2D eigenvalue weighted by Gasteiger charge is -2.30. The molecule has 3 amide bonds. The summed E-state index contributed by atoms with van der Waals surface area (Å²) in [5.41, 5.74) is 2.41. The molecule has 1 aliphatic rings. The molecule has 0 spiro atoms. The highest BCUT2D eigenvalue weighted by Crippen LogP contribution is 2.32. The minimum absolute atomic E-state index is 0.0179. The number of nitrogens with one attached hydrogen (secondary N) is 2. The third-order valence-corrected chi connectivity index (χ3v) is 5.55. The smallest absolute Gasteiger partial charge is 0.394 e. The van der Waals surface area contributed by atoms with Gasteiger partial charge in [0.2, 0.25) is 5.91 Å². The van der Waals surface area contributed by atoms with Crippen molar-refractivity contribution in [2.24, 2.45) is 0 Å². The summed E-state index contributed by atoms with van der Waals surface area (Å²) >= 11 is 0. The van der Waals surface area contributed by atoms with Crippen molar-refractivity contribution >= 4 is 23.4 Å². The summed E-state index contributed by atoms with van der Waals surface area (Å²) in [5.74, 6) is 0.597. The van der Waals surface area contributed by atoms with Gasteiger partial charge in [-0.3, -0.25) is 9.69 Å². The van der Waals surface area contributed by atoms with Crippen molar-refractivity contribution in [3.63, 3.8) is 0 Å². The van der Waals surface area contributed by atoms with Gasteiger partial charge in [0.25, 0.3) is 0 Å². The molecule has 0 radical (unpaired) electrons. The van der Waals surface area contributed by atoms with Crippen LogP contribution in [0.15, 0.2) is 60.7 Å². The lowest BCUT2D eigenvalue weighted by atomic mass is 10.1. The van der Waals surface area contributed by atoms with E-state index in [1.54, 1.807) is 43.5 Å². The van der Waals surface area contributed by atoms with E-state index in [0.29, 0.717) is 29.6 Å². The number of methoxy groups -OCH3 is 2. The van der Waals surface area contributed by atoms with Gasteiger partial charge in [0, 0.05) is 19.6 Å². The monoisotopic (exact) mass is 512 g/mol. The number of ether oxygens (including phenoxy) is 3. The van der Waals surface area contributed by atoms with Gasteiger partial charge in [-0.15, -0.1) is 0 Å². The predicted octanol–water partition coefficient (Wildman–Crippen LogP) is 4.60. The number of benzene rings is 2. The fraction of sp³-hybridized carbons (Fsp3) is 0.269. The molecule has 2 N–H and O–H groups in total. The topological polar surface area (TPSA) is 102 Å². The van der Waals surface area contributed by atoms with Crippen LogP contribution in [0.5, 0.6) is 11.5 Å². The molecule has 1 atom stereocenters. The van der Waals surface area contributed by atoms with Crippen LogP contribution in [0.4, 0.5) is 25.1 Å². The normalized spacial score (nSPS) is 13.9. The van der Waals surface area contributed by atoms with Crippen molar-refractivity contribution in [3.05, 3.63) is 66.2 Å². The molecule has 0 fully saturated rings. The second-order valence-corrected chi connectivity index (χ2v) is 8.37. The first kappa shape index (κ1) is 25.8. The summed E-state index contributed by atoms with van der Waals surface area (Å²) in [4.78, 5) is 31.6. The first-order valence-electron chi connectivity index (χ1n) is 11.4. The van der Waals surface area contributed by atoms with Gasteiger partial charge in [-0.25, -0.2) is 9.78 Å². The first-order valence-corrected chi connectivity index (χ1v) is 11.4. The van der Waals surface area contributed by atoms with Gasteiger partial charge in [0.15, 0.2) is 5.82 Å². The second-order valence-electron chi connectivity index (χ2n) is 8.37. The van der Waals surface area contributed by atoms with Crippen LogP contribution in [0.3, 0.4) is 0 Å². The summed E-state index contributed by atoms with van der Waals surface area (Å²) in [7, 11) is 3.05. The Morgan fingerprint density at radius 3 is 2.38 bits per heavy atom. The average Bonchev–Trinajstić information content (AvgIpc) is 2.87. The maximum atomic E-state index is 13.3. The number of nitrogens with zero attached hydrogens (tertiary/aromatic N) is 2. The van der Waals surface area contributed by atoms with Crippen molar-refractivity contribution in [2.45, 2.75) is 19.1 Å². The molecule has 0 saturated carbocycles. The van der Waals surface area contributed by atoms with Crippen molar-refractivity contribution in [1.82, 2.24) is 10.3 Å². The number of hydrogen-bond acceptors (Lipinski definition) is 6. The quantitative estimate of drug-likeness (QED) is 0.457. The number of halogens is 2. The third-order valence-electron chi connectivity index (χ3n) is 5.55. The lowest BCUT2D eigenvalue weighted by molar-refractivity contribution is -0.158. The van der Waals surface area contributed by atoms with Crippen molar-refractivity contribution in [2.75, 3.05) is 37.6 Å². The Bertz CT molecular complexity index is 1260. The number of fused-ring (bicyclic) bond motifs is 1. The highest BCUT2D eigenvalue weighted by Gasteiger charge is 2.30. The van der Waals surface area contributed by atoms with E-state index in [1.807, 2.05) is 12.1 Å². The SMILES string of the molecule is COCC(NC(=O)N1CC(=O)Nc2ccc(-c3ccc(OC)cc3)nc21)c1ccc(OC(C)(F)F)cc1. The van der Waals surface area contributed by atoms with Crippen molar-refractivity contribution in [1.29, 1.82) is 0 Å². The maximum absolute atomic E-state index is 13.3. The highest BCUT2D eigenvalue weighted by atomic mass is 19.3. The number of rotatable bonds is 8. The number of carbonyl (C=O) groups excluding carboxylic acids is 2. The van der Waals surface area contributed by atoms with Crippen LogP contribution in [0.1, 0.15) is 18.5 Å². The van der Waals surface area contributed by atoms with E-state index < -0.39 is 18.2 Å². The number of hydrogen-bond donors (Lipinski definition) is 2. The summed E-state index contributed by atoms with van der Waals surface area (Å²) in [5, 5.41) is 5.58. The van der Waals surface area contributed by atoms with E-state index in [1.165, 1.54) is 24.1 Å². The fourth-order valence-electron chi connectivity index (χ4n) is 3.84. The van der Waals surface area contributed by atoms with Gasteiger partial charge < -0.3 is 24.8 Å². The number of anilines is 2. The molecule has 0 bridgehead atoms. The summed E-state index contributed by atoms with van der Waals surface area (Å²) in [6, 6.07) is 15.4. The van der Waals surface area contributed by atoms with Crippen LogP contribution < -0.4 is 25.0 Å². The minimum atomic E-state index is -3.32. The van der Waals surface area contributed by atoms with E-state index in [-0.39, 0.29) is 30.6 Å². The Balaban J connectivity index is 1.58. The van der Waals surface area contributed by atoms with Gasteiger partial charge in [-0.05, 0) is 54.1 Å². The summed E-state index contributed by atoms with van der Waals surface area (Å²) in [6.07, 6.45) is -3.32. The van der Waals surface area contributed by atoms with Crippen LogP contribution in [-0.2, 0) is 9.53 Å². The van der Waals surface area contributed by atoms with Crippen molar-refractivity contribution in [3.8, 4) is 22.8 Å². The fourth-order valence-corrected chi connectivity index (χ4v) is 3.84. The van der Waals surface area contributed by atoms with Gasteiger partial charge in [0.05, 0.1) is 31.1 Å². The zero-order valence-corrected chi connectivity index (χ0v) is 20.5. The van der Waals surface area contributed by atoms with Gasteiger partial charge >= 0.3 is 12.1 Å². The molecule has 1 unspecified atom stereocenters. The van der Waals surface area contributed by atoms with Gasteiger partial charge in [-0.1, -0.05) is 12.1 Å². The van der Waals surface area contributed by atoms with E-state index in [0.717, 1.165) is 5.56 Å². The largest absolute Gasteiger partial charge is 0.497 e. The summed E-state index contributed by atoms with van der Waals surface area (Å²) in [6.45, 7) is 0.508. The molecule has 0 aliphatic carbocycles. The molecule has 2 heterocycles. The van der Waals surface area contributed by atoms with Crippen LogP contribution in [0, 0.1) is 0 Å². The molecule has 4 rings (SSSR count). The minimum Gasteiger partial charge on any atom is -0.497 e. The Morgan fingerprint density at radius 2 is 1.76 bits per heavy atom. The molecule has 1 aliphatic heterocycles. The molecule has 194 valence electrons. The van der Waals surface area contributed by atoms with Crippen LogP contribution >= 0.6 is 0 Å². The second kappa shape index (κ2) is 10.8. The molecule has 1 aromatic heterocycles. The molecule has 0 saturated heterocycles. The molecule has 2 aromatic carbocycles. The standard InChI is InChI=1S/C26H26F2N4O5/c1-26(27,28)37-19-10-6-17(7-11-19)22(15-35-2)31-25(34)32-14-23(33)29-21-13-12-20(30-24(21)32)16-4-8-18(36-3)9-5-16/h4-13,22H,14-15H2,1-3H3,(H,29,33)(H,31,34). The summed E-state index contributed by atoms with van der Waals surface area (Å²) < 4.78 is 41.3.